The number of carbonyl (C=O) groups excluding carboxylic acids is 5. The Morgan fingerprint density at radius 3 is 2.22 bits per heavy atom. The number of cyclic esters (lactones) is 1. The lowest BCUT2D eigenvalue weighted by Gasteiger charge is -2.47. The number of Topliss-reactive ketones (excluding diaryl/α,β-unsaturated/α-hetero) is 3. The van der Waals surface area contributed by atoms with Crippen LogP contribution in [-0.4, -0.2) is 132 Å². The van der Waals surface area contributed by atoms with Gasteiger partial charge in [-0.25, -0.2) is 4.79 Å². The number of allylic oxidation sites excluding steroid dienone is 3. The van der Waals surface area contributed by atoms with Crippen molar-refractivity contribution in [2.45, 2.75) is 180 Å². The number of esters is 1. The molecule has 3 fully saturated rings. The largest absolute Gasteiger partial charge is 0.456 e. The van der Waals surface area contributed by atoms with Gasteiger partial charge >= 0.3 is 5.97 Å². The molecular weight excluding hydrogens is 774 g/mol. The second kappa shape index (κ2) is 22.5. The van der Waals surface area contributed by atoms with Crippen LogP contribution in [0.25, 0.3) is 0 Å². The summed E-state index contributed by atoms with van der Waals surface area (Å²) in [6.45, 7) is 10.7. The third-order valence-electron chi connectivity index (χ3n) is 13.5. The predicted octanol–water partition coefficient (Wildman–Crippen LogP) is 4.82. The highest BCUT2D eigenvalue weighted by Gasteiger charge is 2.56. The highest BCUT2D eigenvalue weighted by atomic mass is 16.7. The van der Waals surface area contributed by atoms with Gasteiger partial charge in [0.1, 0.15) is 29.8 Å². The molecule has 0 spiro atoms. The molecular formula is C46H73NO13. The lowest BCUT2D eigenvalue weighted by Crippen LogP contribution is -2.64. The van der Waals surface area contributed by atoms with Gasteiger partial charge in [0.05, 0.1) is 30.5 Å². The summed E-state index contributed by atoms with van der Waals surface area (Å²) in [6.07, 6.45) is 3.73. The fourth-order valence-electron chi connectivity index (χ4n) is 9.86. The lowest BCUT2D eigenvalue weighted by molar-refractivity contribution is -0.302. The number of carbonyl (C=O) groups is 5. The van der Waals surface area contributed by atoms with Gasteiger partial charge in [0.15, 0.2) is 0 Å². The summed E-state index contributed by atoms with van der Waals surface area (Å²) >= 11 is 0. The van der Waals surface area contributed by atoms with Crippen LogP contribution in [0.5, 0.6) is 0 Å². The minimum Gasteiger partial charge on any atom is -0.456 e. The molecule has 2 saturated heterocycles. The maximum atomic E-state index is 14.4. The van der Waals surface area contributed by atoms with Crippen LogP contribution in [0, 0.1) is 29.6 Å². The van der Waals surface area contributed by atoms with Crippen LogP contribution in [-0.2, 0) is 47.7 Å². The van der Waals surface area contributed by atoms with E-state index in [1.54, 1.807) is 27.9 Å². The van der Waals surface area contributed by atoms with E-state index in [-0.39, 0.29) is 55.3 Å². The van der Waals surface area contributed by atoms with Crippen LogP contribution in [0.1, 0.15) is 125 Å². The van der Waals surface area contributed by atoms with Crippen LogP contribution in [0.15, 0.2) is 23.3 Å². The molecule has 1 aliphatic carbocycles. The Bertz CT molecular complexity index is 1560. The molecule has 4 rings (SSSR count). The van der Waals surface area contributed by atoms with Crippen molar-refractivity contribution in [3.05, 3.63) is 23.3 Å². The second-order valence-corrected chi connectivity index (χ2v) is 18.3. The molecule has 0 unspecified atom stereocenters. The smallest absolute Gasteiger partial charge is 0.329 e. The number of aliphatic hydroxyl groups is 3. The van der Waals surface area contributed by atoms with E-state index in [1.165, 1.54) is 26.0 Å². The molecule has 4 aliphatic rings. The molecule has 14 nitrogen and oxygen atoms in total. The highest BCUT2D eigenvalue weighted by Crippen LogP contribution is 2.39. The zero-order chi connectivity index (χ0) is 44.5. The lowest BCUT2D eigenvalue weighted by atomic mass is 9.81. The average Bonchev–Trinajstić information content (AvgIpc) is 3.21. The Hall–Kier alpha value is -2.85. The van der Waals surface area contributed by atoms with E-state index in [1.807, 2.05) is 26.0 Å². The van der Waals surface area contributed by atoms with E-state index in [4.69, 9.17) is 23.7 Å². The molecule has 340 valence electrons. The van der Waals surface area contributed by atoms with Gasteiger partial charge in [-0.15, -0.1) is 0 Å². The Morgan fingerprint density at radius 1 is 0.900 bits per heavy atom. The van der Waals surface area contributed by atoms with Crippen molar-refractivity contribution in [3.8, 4) is 0 Å². The number of ether oxygens (including phenoxy) is 5. The minimum absolute atomic E-state index is 0.0236. The number of hydrogen-bond donors (Lipinski definition) is 3. The number of hydrogen-bond acceptors (Lipinski definition) is 13. The van der Waals surface area contributed by atoms with Crippen molar-refractivity contribution in [3.63, 3.8) is 0 Å². The summed E-state index contributed by atoms with van der Waals surface area (Å²) < 4.78 is 29.8. The average molecular weight is 848 g/mol. The van der Waals surface area contributed by atoms with Crippen molar-refractivity contribution in [2.75, 3.05) is 27.9 Å². The topological polar surface area (TPSA) is 195 Å². The summed E-state index contributed by atoms with van der Waals surface area (Å²) in [5.41, 5.74) is 1.56. The molecule has 0 aromatic rings. The van der Waals surface area contributed by atoms with Gasteiger partial charge < -0.3 is 48.7 Å². The van der Waals surface area contributed by atoms with Crippen molar-refractivity contribution >= 4 is 29.2 Å². The van der Waals surface area contributed by atoms with E-state index in [9.17, 15) is 39.3 Å². The Morgan fingerprint density at radius 2 is 1.57 bits per heavy atom. The van der Waals surface area contributed by atoms with Gasteiger partial charge in [-0.05, 0) is 109 Å². The normalized spacial score (nSPS) is 39.5. The maximum absolute atomic E-state index is 14.4. The predicted molar refractivity (Wildman–Crippen MR) is 222 cm³/mol. The third kappa shape index (κ3) is 12.4. The Kier molecular flexibility index (Phi) is 18.7. The van der Waals surface area contributed by atoms with Crippen molar-refractivity contribution < 1.29 is 63.0 Å². The fraction of sp³-hybridized carbons (Fsp3) is 0.804. The molecule has 1 amide bonds. The molecule has 3 N–H and O–H groups in total. The van der Waals surface area contributed by atoms with Crippen LogP contribution in [0.3, 0.4) is 0 Å². The Labute approximate surface area is 356 Å². The standard InChI is InChI=1S/C46H73NO13/c1-26-19-27(2)21-39(57-8)42-40(58-9)23-29(4)46(55,60-42)43(52)44(53)47-18-11-10-15-34(47)45(54)59-41(28(3)22-32-16-17-35(49)38(24-32)56-7)31(6)36(50)25-37(51)33(20-26)14-12-13-30(5)48/h20,22,27,29,31-36,38-42,49-50,55H,10-19,21,23-25H2,1-9H3/b26-20+,28-22+/t27-,29+,31+,32-,33+,34-,35+,36-,38+,39-,40-,41+,42+,46+/m0/s1. The SMILES string of the molecule is CO[C@H]1C[C@@H](C)C/C(C)=C/[C@@H](CCCC(C)=O)C(=O)C[C@H](O)[C@@H](C)[C@@H](/C(C)=C/[C@@H]2CC[C@@H](O)[C@H](OC)C2)OC(=O)[C@@H]2CCCCN2C(=O)C(=O)[C@]2(O)O[C@H]1[C@@H](OC)C[C@H]2C. The molecule has 3 heterocycles. The molecule has 1 saturated carbocycles. The number of nitrogens with zero attached hydrogens (tertiary/aromatic N) is 1. The quantitative estimate of drug-likeness (QED) is 0.163. The van der Waals surface area contributed by atoms with E-state index >= 15 is 0 Å². The molecule has 2 bridgehead atoms. The van der Waals surface area contributed by atoms with Crippen molar-refractivity contribution in [1.82, 2.24) is 4.90 Å². The Balaban J connectivity index is 1.79. The van der Waals surface area contributed by atoms with E-state index in [0.29, 0.717) is 69.8 Å². The zero-order valence-electron chi connectivity index (χ0n) is 37.4. The third-order valence-corrected chi connectivity index (χ3v) is 13.5. The van der Waals surface area contributed by atoms with Crippen molar-refractivity contribution in [1.29, 1.82) is 0 Å². The van der Waals surface area contributed by atoms with Crippen molar-refractivity contribution in [2.24, 2.45) is 29.6 Å². The number of piperidine rings is 1. The molecule has 3 aliphatic heterocycles. The maximum Gasteiger partial charge on any atom is 0.329 e. The van der Waals surface area contributed by atoms with Gasteiger partial charge in [0, 0.05) is 58.5 Å². The van der Waals surface area contributed by atoms with Gasteiger partial charge in [0.2, 0.25) is 5.79 Å². The molecule has 60 heavy (non-hydrogen) atoms. The van der Waals surface area contributed by atoms with E-state index in [0.717, 1.165) is 5.57 Å². The first-order valence-electron chi connectivity index (χ1n) is 22.1. The summed E-state index contributed by atoms with van der Waals surface area (Å²) in [5.74, 6) is -7.96. The molecule has 14 atom stereocenters. The first kappa shape index (κ1) is 49.8. The van der Waals surface area contributed by atoms with Crippen LogP contribution in [0.4, 0.5) is 0 Å². The first-order chi connectivity index (χ1) is 28.3. The van der Waals surface area contributed by atoms with Crippen LogP contribution >= 0.6 is 0 Å². The molecule has 0 radical (unpaired) electrons. The van der Waals surface area contributed by atoms with E-state index < -0.39 is 83.9 Å². The van der Waals surface area contributed by atoms with Gasteiger partial charge in [-0.1, -0.05) is 38.5 Å². The monoisotopic (exact) mass is 848 g/mol. The number of aliphatic hydroxyl groups excluding tert-OH is 2. The molecule has 0 aromatic carbocycles. The number of ketones is 3. The highest BCUT2D eigenvalue weighted by molar-refractivity contribution is 6.39. The van der Waals surface area contributed by atoms with Gasteiger partial charge in [-0.3, -0.25) is 14.4 Å². The zero-order valence-corrected chi connectivity index (χ0v) is 37.4. The fourth-order valence-corrected chi connectivity index (χ4v) is 9.86. The second-order valence-electron chi connectivity index (χ2n) is 18.3. The summed E-state index contributed by atoms with van der Waals surface area (Å²) in [6, 6.07) is -1.16. The van der Waals surface area contributed by atoms with Crippen LogP contribution in [0.2, 0.25) is 0 Å². The van der Waals surface area contributed by atoms with Gasteiger partial charge in [0.25, 0.3) is 11.7 Å². The van der Waals surface area contributed by atoms with E-state index in [2.05, 4.69) is 0 Å². The molecule has 0 aromatic heterocycles. The summed E-state index contributed by atoms with van der Waals surface area (Å²) in [7, 11) is 4.59. The summed E-state index contributed by atoms with van der Waals surface area (Å²) in [5, 5.41) is 34.3. The summed E-state index contributed by atoms with van der Waals surface area (Å²) in [4.78, 5) is 70.1. The number of rotatable bonds is 9. The van der Waals surface area contributed by atoms with Gasteiger partial charge in [-0.2, -0.15) is 0 Å². The number of amides is 1. The number of methoxy groups -OCH3 is 3. The minimum atomic E-state index is -2.53. The number of fused-ring (bicyclic) bond motifs is 3. The first-order valence-corrected chi connectivity index (χ1v) is 22.1. The molecule has 14 heteroatoms. The van der Waals surface area contributed by atoms with Crippen LogP contribution < -0.4 is 0 Å².